The molecule has 0 aromatic heterocycles. The summed E-state index contributed by atoms with van der Waals surface area (Å²) in [6.07, 6.45) is 17.0. The maximum absolute atomic E-state index is 8.12. The van der Waals surface area contributed by atoms with Crippen molar-refractivity contribution in [3.8, 4) is 0 Å². The molecule has 0 aromatic rings. The Kier molecular flexibility index (Phi) is 147. The summed E-state index contributed by atoms with van der Waals surface area (Å²) in [5, 5.41) is 64.7. The first kappa shape index (κ1) is 74.4. The number of hydrogen-bond acceptors (Lipinski definition) is 12. The topological polar surface area (TPSA) is 199 Å². The second-order valence-electron chi connectivity index (χ2n) is 10.8. The van der Waals surface area contributed by atoms with Gasteiger partial charge in [-0.3, -0.25) is 0 Å². The van der Waals surface area contributed by atoms with E-state index in [1.165, 1.54) is 0 Å². The van der Waals surface area contributed by atoms with Gasteiger partial charge in [0, 0.05) is 52.9 Å². The zero-order valence-electron chi connectivity index (χ0n) is 35.8. The van der Waals surface area contributed by atoms with Crippen molar-refractivity contribution in [1.29, 1.82) is 0 Å². The van der Waals surface area contributed by atoms with Crippen molar-refractivity contribution in [2.24, 2.45) is 0 Å². The molecule has 13 heteroatoms. The van der Waals surface area contributed by atoms with Crippen LogP contribution in [0, 0.1) is 26.4 Å². The van der Waals surface area contributed by atoms with E-state index in [1.807, 2.05) is 0 Å². The van der Waals surface area contributed by atoms with E-state index in [2.05, 4.69) is 55.4 Å². The van der Waals surface area contributed by atoms with Gasteiger partial charge in [0.15, 0.2) is 0 Å². The van der Waals surface area contributed by atoms with Crippen molar-refractivity contribution in [2.75, 3.05) is 79.3 Å². The predicted octanol–water partition coefficient (Wildman–Crippen LogP) is 8.46. The number of unbranched alkanes of at least 4 members (excludes halogenated alkanes) is 8. The maximum Gasteiger partial charge on any atom is 4.00 e. The van der Waals surface area contributed by atoms with Crippen molar-refractivity contribution in [1.82, 2.24) is 0 Å². The van der Waals surface area contributed by atoms with E-state index >= 15 is 0 Å². The van der Waals surface area contributed by atoms with Gasteiger partial charge >= 0.3 is 26.2 Å². The summed E-state index contributed by atoms with van der Waals surface area (Å²) in [6.45, 7) is 26.6. The number of hydrogen-bond donors (Lipinski definition) is 8. The van der Waals surface area contributed by atoms with Crippen LogP contribution < -0.4 is 0 Å². The van der Waals surface area contributed by atoms with Gasteiger partial charge in [-0.05, 0) is 51.4 Å². The summed E-state index contributed by atoms with van der Waals surface area (Å²) < 4.78 is 19.7. The Morgan fingerprint density at radius 3 is 0.528 bits per heavy atom. The van der Waals surface area contributed by atoms with E-state index in [0.717, 1.165) is 156 Å². The Morgan fingerprint density at radius 2 is 0.453 bits per heavy atom. The minimum Gasteiger partial charge on any atom is -0.564 e. The van der Waals surface area contributed by atoms with E-state index in [1.54, 1.807) is 0 Å². The molecule has 0 aliphatic carbocycles. The molecule has 53 heavy (non-hydrogen) atoms. The van der Waals surface area contributed by atoms with Crippen LogP contribution in [0.25, 0.3) is 0 Å². The number of aliphatic hydroxyl groups is 8. The Hall–Kier alpha value is 0.403. The first-order chi connectivity index (χ1) is 25.3. The third kappa shape index (κ3) is 165. The fourth-order valence-electron chi connectivity index (χ4n) is 2.16. The van der Waals surface area contributed by atoms with E-state index in [9.17, 15) is 0 Å². The second-order valence-corrected chi connectivity index (χ2v) is 10.8. The molecule has 0 atom stereocenters. The first-order valence-electron chi connectivity index (χ1n) is 19.9. The fraction of sp³-hybridized carbons (Fsp3) is 0.900. The largest absolute Gasteiger partial charge is 4.00 e. The number of rotatable bonds is 28. The van der Waals surface area contributed by atoms with Crippen LogP contribution in [0.2, 0.25) is 0 Å². The molecule has 0 bridgehead atoms. The Bertz CT molecular complexity index is 316. The van der Waals surface area contributed by atoms with Gasteiger partial charge in [0.1, 0.15) is 0 Å². The van der Waals surface area contributed by atoms with Crippen LogP contribution in [0.4, 0.5) is 0 Å². The molecule has 0 saturated carbocycles. The molecule has 0 amide bonds. The van der Waals surface area contributed by atoms with Crippen LogP contribution in [0.3, 0.4) is 0 Å². The Morgan fingerprint density at radius 1 is 0.302 bits per heavy atom. The van der Waals surface area contributed by atoms with Gasteiger partial charge in [-0.1, -0.05) is 133 Å². The standard InChI is InChI=1S/4C6H13O2.4C4H10O.Zr/c4*1-2-3-5-8-6-4-7;4*1-2-3-4-5;/h4*4,7H,2-3,5-6H2,1H3;4*5H,2-4H2,1H3;/q4*-1;;;;;+4. The molecule has 0 rings (SSSR count). The summed E-state index contributed by atoms with van der Waals surface area (Å²) in [4.78, 5) is 0. The van der Waals surface area contributed by atoms with E-state index < -0.39 is 0 Å². The van der Waals surface area contributed by atoms with Crippen molar-refractivity contribution >= 4 is 0 Å². The molecule has 8 N–H and O–H groups in total. The van der Waals surface area contributed by atoms with Crippen molar-refractivity contribution in [3.63, 3.8) is 0 Å². The van der Waals surface area contributed by atoms with Crippen LogP contribution in [-0.2, 0) is 45.2 Å². The zero-order valence-corrected chi connectivity index (χ0v) is 38.3. The molecule has 0 radical (unpaired) electrons. The molecule has 0 heterocycles. The van der Waals surface area contributed by atoms with Gasteiger partial charge in [0.25, 0.3) is 0 Å². The van der Waals surface area contributed by atoms with Crippen LogP contribution in [0.15, 0.2) is 0 Å². The van der Waals surface area contributed by atoms with Gasteiger partial charge in [-0.25, -0.2) is 0 Å². The summed E-state index contributed by atoms with van der Waals surface area (Å²) in [6, 6.07) is 0. The van der Waals surface area contributed by atoms with Crippen molar-refractivity contribution in [2.45, 2.75) is 158 Å². The summed E-state index contributed by atoms with van der Waals surface area (Å²) in [7, 11) is 0. The van der Waals surface area contributed by atoms with E-state index in [4.69, 9.17) is 59.8 Å². The number of ether oxygens (including phenoxy) is 4. The fourth-order valence-corrected chi connectivity index (χ4v) is 2.16. The average molecular weight is 856 g/mol. The molecule has 0 saturated heterocycles. The molecular weight excluding hydrogens is 764 g/mol. The van der Waals surface area contributed by atoms with Gasteiger partial charge < -0.3 is 59.8 Å². The molecule has 12 nitrogen and oxygen atoms in total. The Labute approximate surface area is 348 Å². The number of aliphatic hydroxyl groups excluding tert-OH is 8. The van der Waals surface area contributed by atoms with Gasteiger partial charge in [0.05, 0.1) is 0 Å². The molecular formula is C40H92O12Zr. The molecule has 0 spiro atoms. The first-order valence-corrected chi connectivity index (χ1v) is 19.9. The third-order valence-corrected chi connectivity index (χ3v) is 5.39. The molecule has 0 aliphatic rings. The minimum absolute atomic E-state index is 0. The van der Waals surface area contributed by atoms with Gasteiger partial charge in [-0.2, -0.15) is 26.4 Å². The maximum atomic E-state index is 8.12. The van der Waals surface area contributed by atoms with Crippen molar-refractivity contribution < 1.29 is 86.0 Å². The van der Waals surface area contributed by atoms with Crippen LogP contribution >= 0.6 is 0 Å². The van der Waals surface area contributed by atoms with E-state index in [-0.39, 0.29) is 26.2 Å². The molecule has 0 fully saturated rings. The normalized spacial score (nSPS) is 9.06. The second kappa shape index (κ2) is 104. The van der Waals surface area contributed by atoms with Crippen LogP contribution in [0.5, 0.6) is 0 Å². The zero-order chi connectivity index (χ0) is 41.5. The SMILES string of the molecule is CCCCO.CCCCO.CCCCO.CCCCO.CCCCOC[CH-]O.CCCCOC[CH-]O.CCCCOC[CH-]O.CCCCOC[CH-]O.[Zr+4]. The monoisotopic (exact) mass is 855 g/mol. The van der Waals surface area contributed by atoms with Gasteiger partial charge in [0.2, 0.25) is 0 Å². The van der Waals surface area contributed by atoms with Crippen molar-refractivity contribution in [3.05, 3.63) is 26.4 Å². The van der Waals surface area contributed by atoms with Crippen LogP contribution in [0.1, 0.15) is 158 Å². The van der Waals surface area contributed by atoms with Crippen LogP contribution in [-0.4, -0.2) is 120 Å². The molecule has 0 aromatic carbocycles. The Balaban J connectivity index is -0.0000000601. The molecule has 0 unspecified atom stereocenters. The molecule has 328 valence electrons. The summed E-state index contributed by atoms with van der Waals surface area (Å²) in [5.41, 5.74) is 0. The average Bonchev–Trinajstić information content (AvgIpc) is 3.16. The molecule has 0 aliphatic heterocycles. The smallest absolute Gasteiger partial charge is 0.564 e. The minimum atomic E-state index is 0. The third-order valence-electron chi connectivity index (χ3n) is 5.39. The van der Waals surface area contributed by atoms with Gasteiger partial charge in [-0.15, -0.1) is 0 Å². The summed E-state index contributed by atoms with van der Waals surface area (Å²) >= 11 is 0. The quantitative estimate of drug-likeness (QED) is 0.0276. The van der Waals surface area contributed by atoms with E-state index in [0.29, 0.717) is 52.9 Å². The summed E-state index contributed by atoms with van der Waals surface area (Å²) in [5.74, 6) is 0. The predicted molar refractivity (Wildman–Crippen MR) is 216 cm³/mol.